The van der Waals surface area contributed by atoms with E-state index in [1.54, 1.807) is 0 Å². The molecule has 7 nitrogen and oxygen atoms in total. The molecule has 0 fully saturated rings. The van der Waals surface area contributed by atoms with Gasteiger partial charge >= 0.3 is 0 Å². The van der Waals surface area contributed by atoms with Crippen molar-refractivity contribution in [1.29, 1.82) is 0 Å². The Morgan fingerprint density at radius 1 is 1.26 bits per heavy atom. The Labute approximate surface area is 166 Å². The Balaban J connectivity index is 1.90. The van der Waals surface area contributed by atoms with E-state index in [1.165, 1.54) is 32.4 Å². The number of hydrogen-bond donors (Lipinski definition) is 2. The first-order valence-corrected chi connectivity index (χ1v) is 10.5. The summed E-state index contributed by atoms with van der Waals surface area (Å²) in [6, 6.07) is 9.71. The van der Waals surface area contributed by atoms with Crippen LogP contribution in [0, 0.1) is 0 Å². The molecule has 144 valence electrons. The molecule has 2 aromatic carbocycles. The first-order chi connectivity index (χ1) is 12.9. The fourth-order valence-electron chi connectivity index (χ4n) is 2.89. The van der Waals surface area contributed by atoms with Crippen molar-refractivity contribution < 1.29 is 22.7 Å². The first-order valence-electron chi connectivity index (χ1n) is 8.20. The van der Waals surface area contributed by atoms with E-state index in [0.717, 1.165) is 15.8 Å². The van der Waals surface area contributed by atoms with Gasteiger partial charge in [0.2, 0.25) is 10.0 Å². The van der Waals surface area contributed by atoms with Crippen LogP contribution in [0.2, 0.25) is 0 Å². The van der Waals surface area contributed by atoms with Crippen molar-refractivity contribution in [2.24, 2.45) is 0 Å². The summed E-state index contributed by atoms with van der Waals surface area (Å²) >= 11 is 3.43. The predicted octanol–water partition coefficient (Wildman–Crippen LogP) is 2.62. The molecule has 1 heterocycles. The highest BCUT2D eigenvalue weighted by atomic mass is 79.9. The molecule has 0 radical (unpaired) electrons. The molecule has 0 saturated heterocycles. The molecule has 2 N–H and O–H groups in total. The lowest BCUT2D eigenvalue weighted by molar-refractivity contribution is 0.0924. The molecule has 1 aliphatic rings. The van der Waals surface area contributed by atoms with Crippen LogP contribution in [0.5, 0.6) is 11.5 Å². The van der Waals surface area contributed by atoms with E-state index < -0.39 is 10.0 Å². The average molecular weight is 455 g/mol. The molecule has 1 amide bonds. The molecule has 0 aromatic heterocycles. The number of methoxy groups -OCH3 is 1. The highest BCUT2D eigenvalue weighted by Crippen LogP contribution is 2.34. The number of benzene rings is 2. The molecular formula is C18H19BrN2O5S. The van der Waals surface area contributed by atoms with Crippen molar-refractivity contribution in [1.82, 2.24) is 10.0 Å². The zero-order chi connectivity index (χ0) is 19.6. The van der Waals surface area contributed by atoms with Gasteiger partial charge in [0.1, 0.15) is 16.4 Å². The number of hydrogen-bond acceptors (Lipinski definition) is 5. The maximum Gasteiger partial charge on any atom is 0.251 e. The SMILES string of the molecule is CNS(=O)(=O)c1cc(C(=O)NC2CCOc3ccc(Br)cc32)ccc1OC. The van der Waals surface area contributed by atoms with Crippen LogP contribution in [-0.4, -0.2) is 35.1 Å². The van der Waals surface area contributed by atoms with Crippen LogP contribution in [0.15, 0.2) is 45.8 Å². The molecule has 0 saturated carbocycles. The number of halogens is 1. The zero-order valence-corrected chi connectivity index (χ0v) is 17.2. The number of amides is 1. The van der Waals surface area contributed by atoms with Crippen LogP contribution in [0.25, 0.3) is 0 Å². The molecule has 3 rings (SSSR count). The van der Waals surface area contributed by atoms with Crippen molar-refractivity contribution in [3.63, 3.8) is 0 Å². The Hall–Kier alpha value is -2.10. The van der Waals surface area contributed by atoms with E-state index in [9.17, 15) is 13.2 Å². The number of sulfonamides is 1. The van der Waals surface area contributed by atoms with Gasteiger partial charge in [0.05, 0.1) is 19.8 Å². The number of nitrogens with one attached hydrogen (secondary N) is 2. The van der Waals surface area contributed by atoms with Gasteiger partial charge in [-0.15, -0.1) is 0 Å². The molecule has 0 bridgehead atoms. The number of carbonyl (C=O) groups excluding carboxylic acids is 1. The quantitative estimate of drug-likeness (QED) is 0.723. The van der Waals surface area contributed by atoms with E-state index in [1.807, 2.05) is 18.2 Å². The standard InChI is InChI=1S/C18H19BrN2O5S/c1-20-27(23,24)17-9-11(3-5-16(17)25-2)18(22)21-14-7-8-26-15-6-4-12(19)10-13(14)15/h3-6,9-10,14,20H,7-8H2,1-2H3,(H,21,22). The Morgan fingerprint density at radius 3 is 2.74 bits per heavy atom. The molecule has 0 spiro atoms. The van der Waals surface area contributed by atoms with E-state index in [2.05, 4.69) is 26.0 Å². The van der Waals surface area contributed by atoms with Gasteiger partial charge in [-0.2, -0.15) is 0 Å². The maximum absolute atomic E-state index is 12.8. The summed E-state index contributed by atoms with van der Waals surface area (Å²) in [7, 11) is -1.09. The van der Waals surface area contributed by atoms with Gasteiger partial charge in [0.15, 0.2) is 0 Å². The topological polar surface area (TPSA) is 93.7 Å². The zero-order valence-electron chi connectivity index (χ0n) is 14.8. The van der Waals surface area contributed by atoms with Crippen LogP contribution in [0.1, 0.15) is 28.4 Å². The molecule has 27 heavy (non-hydrogen) atoms. The van der Waals surface area contributed by atoms with Crippen molar-refractivity contribution >= 4 is 31.9 Å². The molecule has 0 aliphatic carbocycles. The number of carbonyl (C=O) groups is 1. The lowest BCUT2D eigenvalue weighted by Gasteiger charge is -2.27. The number of ether oxygens (including phenoxy) is 2. The summed E-state index contributed by atoms with van der Waals surface area (Å²) in [5, 5.41) is 2.96. The van der Waals surface area contributed by atoms with Gasteiger partial charge in [0, 0.05) is 22.0 Å². The third kappa shape index (κ3) is 4.10. The average Bonchev–Trinajstić information content (AvgIpc) is 2.67. The van der Waals surface area contributed by atoms with Crippen LogP contribution < -0.4 is 19.5 Å². The van der Waals surface area contributed by atoms with Crippen molar-refractivity contribution in [2.45, 2.75) is 17.4 Å². The van der Waals surface area contributed by atoms with Crippen LogP contribution in [-0.2, 0) is 10.0 Å². The summed E-state index contributed by atoms with van der Waals surface area (Å²) < 4.78 is 38.3. The summed E-state index contributed by atoms with van der Waals surface area (Å²) in [5.74, 6) is 0.521. The minimum absolute atomic E-state index is 0.0877. The summed E-state index contributed by atoms with van der Waals surface area (Å²) in [5.41, 5.74) is 1.10. The second-order valence-corrected chi connectivity index (χ2v) is 8.69. The first kappa shape index (κ1) is 19.7. The highest BCUT2D eigenvalue weighted by Gasteiger charge is 2.25. The summed E-state index contributed by atoms with van der Waals surface area (Å²) in [4.78, 5) is 12.7. The second-order valence-electron chi connectivity index (χ2n) is 5.92. The van der Waals surface area contributed by atoms with Crippen molar-refractivity contribution in [3.8, 4) is 11.5 Å². The number of rotatable bonds is 5. The molecule has 1 atom stereocenters. The third-order valence-electron chi connectivity index (χ3n) is 4.30. The van der Waals surface area contributed by atoms with Crippen molar-refractivity contribution in [3.05, 3.63) is 52.0 Å². The van der Waals surface area contributed by atoms with Gasteiger partial charge in [-0.25, -0.2) is 13.1 Å². The molecule has 1 unspecified atom stereocenters. The van der Waals surface area contributed by atoms with E-state index in [0.29, 0.717) is 13.0 Å². The normalized spacial score (nSPS) is 16.2. The summed E-state index contributed by atoms with van der Waals surface area (Å²) in [6.07, 6.45) is 0.618. The van der Waals surface area contributed by atoms with Crippen LogP contribution in [0.3, 0.4) is 0 Å². The van der Waals surface area contributed by atoms with Crippen molar-refractivity contribution in [2.75, 3.05) is 20.8 Å². The second kappa shape index (κ2) is 7.87. The van der Waals surface area contributed by atoms with Gasteiger partial charge in [-0.1, -0.05) is 15.9 Å². The fourth-order valence-corrected chi connectivity index (χ4v) is 4.19. The predicted molar refractivity (Wildman–Crippen MR) is 104 cm³/mol. The molecule has 2 aromatic rings. The minimum atomic E-state index is -3.77. The third-order valence-corrected chi connectivity index (χ3v) is 6.23. The Morgan fingerprint density at radius 2 is 2.04 bits per heavy atom. The summed E-state index contributed by atoms with van der Waals surface area (Å²) in [6.45, 7) is 0.488. The number of fused-ring (bicyclic) bond motifs is 1. The van der Waals surface area contributed by atoms with Crippen LogP contribution in [0.4, 0.5) is 0 Å². The lowest BCUT2D eigenvalue weighted by Crippen LogP contribution is -2.32. The lowest BCUT2D eigenvalue weighted by atomic mass is 10.00. The molecular weight excluding hydrogens is 436 g/mol. The molecule has 9 heteroatoms. The Bertz CT molecular complexity index is 978. The fraction of sp³-hybridized carbons (Fsp3) is 0.278. The van der Waals surface area contributed by atoms with E-state index >= 15 is 0 Å². The van der Waals surface area contributed by atoms with Gasteiger partial charge in [-0.3, -0.25) is 4.79 Å². The van der Waals surface area contributed by atoms with E-state index in [4.69, 9.17) is 9.47 Å². The molecule has 1 aliphatic heterocycles. The van der Waals surface area contributed by atoms with Crippen LogP contribution >= 0.6 is 15.9 Å². The van der Waals surface area contributed by atoms with Gasteiger partial charge in [-0.05, 0) is 43.4 Å². The van der Waals surface area contributed by atoms with E-state index in [-0.39, 0.29) is 28.2 Å². The maximum atomic E-state index is 12.8. The van der Waals surface area contributed by atoms with Gasteiger partial charge in [0.25, 0.3) is 5.91 Å². The highest BCUT2D eigenvalue weighted by molar-refractivity contribution is 9.10. The monoisotopic (exact) mass is 454 g/mol. The largest absolute Gasteiger partial charge is 0.495 e. The minimum Gasteiger partial charge on any atom is -0.495 e. The Kier molecular flexibility index (Phi) is 5.73. The van der Waals surface area contributed by atoms with Gasteiger partial charge < -0.3 is 14.8 Å². The smallest absolute Gasteiger partial charge is 0.251 e.